The van der Waals surface area contributed by atoms with Gasteiger partial charge in [0.2, 0.25) is 0 Å². The van der Waals surface area contributed by atoms with Crippen LogP contribution in [0, 0.1) is 11.3 Å². The number of likely N-dealkylation sites (N-methyl/N-ethyl adjacent to an activating group) is 1. The number of benzene rings is 1. The van der Waals surface area contributed by atoms with Crippen LogP contribution in [0.2, 0.25) is 0 Å². The van der Waals surface area contributed by atoms with Crippen LogP contribution < -0.4 is 0 Å². The van der Waals surface area contributed by atoms with Crippen LogP contribution in [0.5, 0.6) is 0 Å². The highest BCUT2D eigenvalue weighted by Gasteiger charge is 2.30. The Bertz CT molecular complexity index is 460. The third-order valence-electron chi connectivity index (χ3n) is 4.36. The molecule has 108 valence electrons. The summed E-state index contributed by atoms with van der Waals surface area (Å²) in [5, 5.41) is 9.63. The van der Waals surface area contributed by atoms with Gasteiger partial charge in [-0.05, 0) is 31.0 Å². The van der Waals surface area contributed by atoms with E-state index < -0.39 is 0 Å². The molecular formula is C17H25N3. The fourth-order valence-corrected chi connectivity index (χ4v) is 3.00. The summed E-state index contributed by atoms with van der Waals surface area (Å²) in [5.41, 5.74) is 2.46. The lowest BCUT2D eigenvalue weighted by Gasteiger charge is -2.42. The zero-order valence-electron chi connectivity index (χ0n) is 12.8. The summed E-state index contributed by atoms with van der Waals surface area (Å²) < 4.78 is 0. The van der Waals surface area contributed by atoms with Crippen molar-refractivity contribution in [1.29, 1.82) is 5.26 Å². The molecule has 0 amide bonds. The van der Waals surface area contributed by atoms with Crippen LogP contribution in [-0.4, -0.2) is 42.5 Å². The van der Waals surface area contributed by atoms with E-state index in [4.69, 9.17) is 0 Å². The average molecular weight is 271 g/mol. The molecular weight excluding hydrogens is 246 g/mol. The second-order valence-corrected chi connectivity index (χ2v) is 5.69. The molecule has 1 aromatic carbocycles. The molecule has 0 aliphatic carbocycles. The maximum absolute atomic E-state index is 9.63. The van der Waals surface area contributed by atoms with Crippen molar-refractivity contribution in [2.45, 2.75) is 38.8 Å². The minimum atomic E-state index is -0.112. The first kappa shape index (κ1) is 15.0. The summed E-state index contributed by atoms with van der Waals surface area (Å²) in [5.74, 6) is 0. The monoisotopic (exact) mass is 271 g/mol. The highest BCUT2D eigenvalue weighted by Crippen LogP contribution is 2.26. The third kappa shape index (κ3) is 3.20. The smallest absolute Gasteiger partial charge is 0.124 e. The van der Waals surface area contributed by atoms with Crippen molar-refractivity contribution in [2.75, 3.05) is 26.7 Å². The number of rotatable bonds is 4. The van der Waals surface area contributed by atoms with Crippen molar-refractivity contribution in [3.05, 3.63) is 35.4 Å². The lowest BCUT2D eigenvalue weighted by molar-refractivity contribution is 0.0675. The van der Waals surface area contributed by atoms with E-state index in [1.807, 2.05) is 0 Å². The van der Waals surface area contributed by atoms with E-state index in [2.05, 4.69) is 61.0 Å². The van der Waals surface area contributed by atoms with Crippen LogP contribution in [0.4, 0.5) is 0 Å². The number of piperazine rings is 1. The van der Waals surface area contributed by atoms with E-state index in [0.29, 0.717) is 6.04 Å². The second-order valence-electron chi connectivity index (χ2n) is 5.69. The summed E-state index contributed by atoms with van der Waals surface area (Å²) in [6, 6.07) is 11.4. The zero-order chi connectivity index (χ0) is 14.5. The molecule has 1 fully saturated rings. The molecule has 2 unspecified atom stereocenters. The van der Waals surface area contributed by atoms with Gasteiger partial charge in [-0.25, -0.2) is 0 Å². The Hall–Kier alpha value is -1.37. The predicted molar refractivity (Wildman–Crippen MR) is 82.5 cm³/mol. The summed E-state index contributed by atoms with van der Waals surface area (Å²) in [6.45, 7) is 7.45. The van der Waals surface area contributed by atoms with Crippen LogP contribution in [0.1, 0.15) is 37.4 Å². The SMILES string of the molecule is CCc1ccc(C(C#N)N2CCN(C)CC2CC)cc1. The molecule has 3 nitrogen and oxygen atoms in total. The Labute approximate surface area is 122 Å². The Morgan fingerprint density at radius 1 is 1.25 bits per heavy atom. The number of hydrogen-bond donors (Lipinski definition) is 0. The first-order valence-corrected chi connectivity index (χ1v) is 7.62. The molecule has 2 rings (SSSR count). The first-order chi connectivity index (χ1) is 9.69. The number of hydrogen-bond acceptors (Lipinski definition) is 3. The Morgan fingerprint density at radius 3 is 2.50 bits per heavy atom. The van der Waals surface area contributed by atoms with Gasteiger partial charge < -0.3 is 4.90 Å². The number of nitrogens with zero attached hydrogens (tertiary/aromatic N) is 3. The van der Waals surface area contributed by atoms with E-state index in [9.17, 15) is 5.26 Å². The minimum Gasteiger partial charge on any atom is -0.304 e. The van der Waals surface area contributed by atoms with Crippen LogP contribution in [0.15, 0.2) is 24.3 Å². The fourth-order valence-electron chi connectivity index (χ4n) is 3.00. The summed E-state index contributed by atoms with van der Waals surface area (Å²) in [6.07, 6.45) is 2.14. The van der Waals surface area contributed by atoms with Gasteiger partial charge in [0.15, 0.2) is 0 Å². The molecule has 1 aliphatic heterocycles. The third-order valence-corrected chi connectivity index (χ3v) is 4.36. The summed E-state index contributed by atoms with van der Waals surface area (Å²) in [7, 11) is 2.16. The van der Waals surface area contributed by atoms with Crippen molar-refractivity contribution in [3.8, 4) is 6.07 Å². The van der Waals surface area contributed by atoms with Gasteiger partial charge in [0.05, 0.1) is 6.07 Å². The molecule has 1 saturated heterocycles. The van der Waals surface area contributed by atoms with E-state index in [1.165, 1.54) is 5.56 Å². The lowest BCUT2D eigenvalue weighted by Crippen LogP contribution is -2.52. The zero-order valence-corrected chi connectivity index (χ0v) is 12.8. The van der Waals surface area contributed by atoms with E-state index in [1.54, 1.807) is 0 Å². The molecule has 0 N–H and O–H groups in total. The molecule has 2 atom stereocenters. The maximum Gasteiger partial charge on any atom is 0.124 e. The van der Waals surface area contributed by atoms with Crippen molar-refractivity contribution >= 4 is 0 Å². The quantitative estimate of drug-likeness (QED) is 0.843. The molecule has 0 spiro atoms. The van der Waals surface area contributed by atoms with Gasteiger partial charge in [0, 0.05) is 25.7 Å². The van der Waals surface area contributed by atoms with Gasteiger partial charge in [0.25, 0.3) is 0 Å². The van der Waals surface area contributed by atoms with Crippen molar-refractivity contribution < 1.29 is 0 Å². The largest absolute Gasteiger partial charge is 0.304 e. The average Bonchev–Trinajstić information content (AvgIpc) is 2.50. The van der Waals surface area contributed by atoms with Gasteiger partial charge in [-0.1, -0.05) is 38.1 Å². The van der Waals surface area contributed by atoms with Crippen molar-refractivity contribution in [3.63, 3.8) is 0 Å². The predicted octanol–water partition coefficient (Wildman–Crippen LogP) is 2.84. The lowest BCUT2D eigenvalue weighted by atomic mass is 9.99. The van der Waals surface area contributed by atoms with Gasteiger partial charge in [0.1, 0.15) is 6.04 Å². The molecule has 0 aromatic heterocycles. The fraction of sp³-hybridized carbons (Fsp3) is 0.588. The Kier molecular flexibility index (Phi) is 5.17. The highest BCUT2D eigenvalue weighted by molar-refractivity contribution is 5.28. The number of nitriles is 1. The van der Waals surface area contributed by atoms with E-state index >= 15 is 0 Å². The summed E-state index contributed by atoms with van der Waals surface area (Å²) >= 11 is 0. The minimum absolute atomic E-state index is 0.112. The van der Waals surface area contributed by atoms with Gasteiger partial charge in [-0.2, -0.15) is 5.26 Å². The van der Waals surface area contributed by atoms with Crippen LogP contribution in [0.25, 0.3) is 0 Å². The first-order valence-electron chi connectivity index (χ1n) is 7.62. The molecule has 1 heterocycles. The molecule has 3 heteroatoms. The molecule has 0 saturated carbocycles. The van der Waals surface area contributed by atoms with Crippen LogP contribution >= 0.6 is 0 Å². The van der Waals surface area contributed by atoms with Crippen molar-refractivity contribution in [2.24, 2.45) is 0 Å². The molecule has 1 aromatic rings. The molecule has 0 radical (unpaired) electrons. The summed E-state index contributed by atoms with van der Waals surface area (Å²) in [4.78, 5) is 4.74. The highest BCUT2D eigenvalue weighted by atomic mass is 15.3. The molecule has 20 heavy (non-hydrogen) atoms. The normalized spacial score (nSPS) is 22.4. The topological polar surface area (TPSA) is 30.3 Å². The molecule has 1 aliphatic rings. The Balaban J connectivity index is 2.20. The second kappa shape index (κ2) is 6.88. The van der Waals surface area contributed by atoms with E-state index in [0.717, 1.165) is 38.0 Å². The van der Waals surface area contributed by atoms with Crippen LogP contribution in [0.3, 0.4) is 0 Å². The van der Waals surface area contributed by atoms with Crippen LogP contribution in [-0.2, 0) is 6.42 Å². The molecule has 0 bridgehead atoms. The Morgan fingerprint density at radius 2 is 1.95 bits per heavy atom. The maximum atomic E-state index is 9.63. The van der Waals surface area contributed by atoms with Gasteiger partial charge in [-0.15, -0.1) is 0 Å². The van der Waals surface area contributed by atoms with Crippen molar-refractivity contribution in [1.82, 2.24) is 9.80 Å². The van der Waals surface area contributed by atoms with E-state index in [-0.39, 0.29) is 6.04 Å². The number of aryl methyl sites for hydroxylation is 1. The van der Waals surface area contributed by atoms with Gasteiger partial charge >= 0.3 is 0 Å². The standard InChI is InChI=1S/C17H25N3/c1-4-14-6-8-15(9-7-14)17(12-18)20-11-10-19(3)13-16(20)5-2/h6-9,16-17H,4-5,10-11,13H2,1-3H3. The van der Waals surface area contributed by atoms with Gasteiger partial charge in [-0.3, -0.25) is 4.90 Å².